The van der Waals surface area contributed by atoms with Crippen LogP contribution in [0.2, 0.25) is 0 Å². The van der Waals surface area contributed by atoms with Crippen LogP contribution in [0.1, 0.15) is 0 Å². The summed E-state index contributed by atoms with van der Waals surface area (Å²) in [6, 6.07) is 4.58. The molecule has 0 saturated carbocycles. The Morgan fingerprint density at radius 1 is 1.25 bits per heavy atom. The SMILES string of the molecule is N#[N+]c1ccccc1OS(=O)(=O)C(F)(F)F. The van der Waals surface area contributed by atoms with E-state index in [4.69, 9.17) is 5.39 Å². The van der Waals surface area contributed by atoms with Gasteiger partial charge in [-0.05, 0) is 6.07 Å². The molecule has 1 aromatic rings. The normalized spacial score (nSPS) is 11.9. The molecule has 0 aliphatic heterocycles. The Hall–Kier alpha value is -1.82. The summed E-state index contributed by atoms with van der Waals surface area (Å²) in [7, 11) is -5.75. The molecule has 0 spiro atoms. The highest BCUT2D eigenvalue weighted by molar-refractivity contribution is 7.88. The van der Waals surface area contributed by atoms with Gasteiger partial charge in [-0.3, -0.25) is 0 Å². The van der Waals surface area contributed by atoms with Gasteiger partial charge in [-0.15, -0.1) is 0 Å². The zero-order valence-corrected chi connectivity index (χ0v) is 8.29. The molecule has 0 aromatic heterocycles. The summed E-state index contributed by atoms with van der Waals surface area (Å²) in [4.78, 5) is 2.58. The van der Waals surface area contributed by atoms with Crippen molar-refractivity contribution in [3.63, 3.8) is 0 Å². The van der Waals surface area contributed by atoms with Gasteiger partial charge in [0.1, 0.15) is 0 Å². The van der Waals surface area contributed by atoms with Crippen molar-refractivity contribution in [2.75, 3.05) is 0 Å². The van der Waals surface area contributed by atoms with Crippen molar-refractivity contribution in [1.82, 2.24) is 0 Å². The summed E-state index contributed by atoms with van der Waals surface area (Å²) in [5, 5.41) is 8.39. The Morgan fingerprint density at radius 3 is 2.31 bits per heavy atom. The highest BCUT2D eigenvalue weighted by Crippen LogP contribution is 2.32. The number of nitrogens with zero attached hydrogens (tertiary/aromatic N) is 2. The topological polar surface area (TPSA) is 71.5 Å². The monoisotopic (exact) mass is 253 g/mol. The van der Waals surface area contributed by atoms with E-state index in [9.17, 15) is 21.6 Å². The van der Waals surface area contributed by atoms with E-state index in [-0.39, 0.29) is 0 Å². The van der Waals surface area contributed by atoms with E-state index in [0.29, 0.717) is 0 Å². The van der Waals surface area contributed by atoms with Gasteiger partial charge in [0.25, 0.3) is 0 Å². The van der Waals surface area contributed by atoms with Gasteiger partial charge < -0.3 is 4.18 Å². The molecular weight excluding hydrogens is 249 g/mol. The van der Waals surface area contributed by atoms with E-state index >= 15 is 0 Å². The van der Waals surface area contributed by atoms with Crippen molar-refractivity contribution in [3.8, 4) is 5.75 Å². The lowest BCUT2D eigenvalue weighted by Crippen LogP contribution is -2.28. The molecule has 86 valence electrons. The number of halogens is 3. The predicted octanol–water partition coefficient (Wildman–Crippen LogP) is 2.40. The second kappa shape index (κ2) is 3.97. The van der Waals surface area contributed by atoms with E-state index in [1.54, 1.807) is 0 Å². The molecule has 0 amide bonds. The minimum atomic E-state index is -5.75. The van der Waals surface area contributed by atoms with E-state index in [1.807, 2.05) is 0 Å². The first-order valence-corrected chi connectivity index (χ1v) is 5.13. The van der Waals surface area contributed by atoms with Gasteiger partial charge in [-0.1, -0.05) is 12.1 Å². The van der Waals surface area contributed by atoms with Crippen LogP contribution in [0.5, 0.6) is 5.75 Å². The Morgan fingerprint density at radius 2 is 1.81 bits per heavy atom. The molecule has 5 nitrogen and oxygen atoms in total. The van der Waals surface area contributed by atoms with Crippen molar-refractivity contribution in [2.24, 2.45) is 0 Å². The first-order valence-electron chi connectivity index (χ1n) is 3.73. The third-order valence-electron chi connectivity index (χ3n) is 1.46. The summed E-state index contributed by atoms with van der Waals surface area (Å²) in [5.74, 6) is -0.706. The second-order valence-electron chi connectivity index (χ2n) is 2.55. The largest absolute Gasteiger partial charge is 0.534 e. The quantitative estimate of drug-likeness (QED) is 0.461. The maximum Gasteiger partial charge on any atom is 0.534 e. The highest BCUT2D eigenvalue weighted by Gasteiger charge is 2.49. The summed E-state index contributed by atoms with van der Waals surface area (Å²) in [6.07, 6.45) is 0. The Labute approximate surface area is 88.2 Å². The van der Waals surface area contributed by atoms with E-state index in [2.05, 4.69) is 9.16 Å². The lowest BCUT2D eigenvalue weighted by Gasteiger charge is -2.07. The fourth-order valence-corrected chi connectivity index (χ4v) is 1.25. The Kier molecular flexibility index (Phi) is 3.04. The molecule has 0 aliphatic carbocycles. The van der Waals surface area contributed by atoms with Crippen LogP contribution >= 0.6 is 0 Å². The molecule has 0 atom stereocenters. The van der Waals surface area contributed by atoms with Gasteiger partial charge in [0.15, 0.2) is 4.98 Å². The lowest BCUT2D eigenvalue weighted by molar-refractivity contribution is -0.0499. The predicted molar refractivity (Wildman–Crippen MR) is 46.8 cm³/mol. The summed E-state index contributed by atoms with van der Waals surface area (Å²) in [5.41, 5.74) is -5.95. The van der Waals surface area contributed by atoms with Gasteiger partial charge in [-0.2, -0.15) is 21.6 Å². The van der Waals surface area contributed by atoms with Gasteiger partial charge in [0.05, 0.1) is 0 Å². The van der Waals surface area contributed by atoms with Crippen LogP contribution in [0.25, 0.3) is 4.98 Å². The number of diazo groups is 1. The molecule has 0 fully saturated rings. The lowest BCUT2D eigenvalue weighted by atomic mass is 10.3. The molecule has 0 N–H and O–H groups in total. The summed E-state index contributed by atoms with van der Waals surface area (Å²) < 4.78 is 60.9. The minimum absolute atomic E-state index is 0.421. The Balaban J connectivity index is 3.13. The third kappa shape index (κ3) is 2.40. The molecule has 1 rings (SSSR count). The van der Waals surface area contributed by atoms with Crippen LogP contribution in [0.15, 0.2) is 24.3 Å². The molecule has 0 bridgehead atoms. The highest BCUT2D eigenvalue weighted by atomic mass is 32.2. The van der Waals surface area contributed by atoms with Crippen molar-refractivity contribution in [1.29, 1.82) is 5.39 Å². The third-order valence-corrected chi connectivity index (χ3v) is 2.42. The second-order valence-corrected chi connectivity index (χ2v) is 4.09. The Bertz CT molecular complexity index is 533. The van der Waals surface area contributed by atoms with E-state index in [1.165, 1.54) is 12.1 Å². The molecule has 0 radical (unpaired) electrons. The van der Waals surface area contributed by atoms with E-state index < -0.39 is 27.1 Å². The molecular formula is C7H4F3N2O3S+. The van der Waals surface area contributed by atoms with Crippen molar-refractivity contribution in [2.45, 2.75) is 5.51 Å². The van der Waals surface area contributed by atoms with Crippen LogP contribution in [-0.2, 0) is 10.1 Å². The van der Waals surface area contributed by atoms with Crippen molar-refractivity contribution < 1.29 is 25.8 Å². The van der Waals surface area contributed by atoms with Crippen LogP contribution < -0.4 is 4.18 Å². The molecule has 0 heterocycles. The molecule has 9 heteroatoms. The zero-order chi connectivity index (χ0) is 12.4. The molecule has 16 heavy (non-hydrogen) atoms. The van der Waals surface area contributed by atoms with Crippen molar-refractivity contribution in [3.05, 3.63) is 29.2 Å². The molecule has 0 aliphatic rings. The fourth-order valence-electron chi connectivity index (χ4n) is 0.776. The average molecular weight is 253 g/mol. The number of benzene rings is 1. The molecule has 0 unspecified atom stereocenters. The maximum absolute atomic E-state index is 11.9. The zero-order valence-electron chi connectivity index (χ0n) is 7.47. The maximum atomic E-state index is 11.9. The number of hydrogen-bond acceptors (Lipinski definition) is 4. The summed E-state index contributed by atoms with van der Waals surface area (Å²) in [6.45, 7) is 0. The molecule has 0 saturated heterocycles. The van der Waals surface area contributed by atoms with Crippen LogP contribution in [-0.4, -0.2) is 13.9 Å². The first kappa shape index (κ1) is 12.3. The van der Waals surface area contributed by atoms with Gasteiger partial charge >= 0.3 is 21.3 Å². The van der Waals surface area contributed by atoms with Crippen LogP contribution in [0.3, 0.4) is 0 Å². The number of para-hydroxylation sites is 1. The van der Waals surface area contributed by atoms with Gasteiger partial charge in [0, 0.05) is 6.07 Å². The van der Waals surface area contributed by atoms with Gasteiger partial charge in [-0.25, -0.2) is 0 Å². The van der Waals surface area contributed by atoms with Crippen LogP contribution in [0.4, 0.5) is 18.9 Å². The fraction of sp³-hybridized carbons (Fsp3) is 0.143. The van der Waals surface area contributed by atoms with Crippen molar-refractivity contribution >= 4 is 15.8 Å². The summed E-state index contributed by atoms with van der Waals surface area (Å²) >= 11 is 0. The number of hydrogen-bond donors (Lipinski definition) is 0. The minimum Gasteiger partial charge on any atom is -0.367 e. The standard InChI is InChI=1S/C7H4F3N2O3S/c8-7(9,10)16(13,14)15-6-4-2-1-3-5(6)12-11/h1-4H/q+1. The van der Waals surface area contributed by atoms with Gasteiger partial charge in [0.2, 0.25) is 11.1 Å². The average Bonchev–Trinajstić information content (AvgIpc) is 2.16. The van der Waals surface area contributed by atoms with Crippen LogP contribution in [0, 0.1) is 5.39 Å². The number of rotatable bonds is 2. The van der Waals surface area contributed by atoms with E-state index in [0.717, 1.165) is 12.1 Å². The molecule has 1 aromatic carbocycles. The first-order chi connectivity index (χ1) is 7.28. The smallest absolute Gasteiger partial charge is 0.367 e. The number of alkyl halides is 3.